The van der Waals surface area contributed by atoms with Gasteiger partial charge in [0.15, 0.2) is 10.8 Å². The number of ether oxygens (including phenoxy) is 2. The molecule has 0 radical (unpaired) electrons. The summed E-state index contributed by atoms with van der Waals surface area (Å²) >= 11 is 3.41. The number of nitrogens with zero attached hydrogens (tertiary/aromatic N) is 3. The van der Waals surface area contributed by atoms with Gasteiger partial charge in [-0.2, -0.15) is 10.5 Å². The molecule has 0 amide bonds. The first-order valence-corrected chi connectivity index (χ1v) is 8.40. The average Bonchev–Trinajstić information content (AvgIpc) is 2.75. The van der Waals surface area contributed by atoms with Crippen LogP contribution in [0.2, 0.25) is 0 Å². The quantitative estimate of drug-likeness (QED) is 0.796. The van der Waals surface area contributed by atoms with Crippen molar-refractivity contribution in [3.63, 3.8) is 0 Å². The summed E-state index contributed by atoms with van der Waals surface area (Å²) in [6, 6.07) is 12.1. The minimum atomic E-state index is -1.52. The summed E-state index contributed by atoms with van der Waals surface area (Å²) in [4.78, 5) is 4.32. The molecule has 2 heterocycles. The second-order valence-corrected chi connectivity index (χ2v) is 7.59. The van der Waals surface area contributed by atoms with Gasteiger partial charge in [0, 0.05) is 9.89 Å². The third-order valence-electron chi connectivity index (χ3n) is 5.76. The molecule has 1 aromatic carbocycles. The summed E-state index contributed by atoms with van der Waals surface area (Å²) in [6.07, 6.45) is -0.226. The van der Waals surface area contributed by atoms with Crippen LogP contribution in [0.25, 0.3) is 0 Å². The maximum atomic E-state index is 10.1. The number of hydrogen-bond acceptors (Lipinski definition) is 6. The van der Waals surface area contributed by atoms with E-state index in [1.165, 1.54) is 0 Å². The molecule has 5 atom stereocenters. The van der Waals surface area contributed by atoms with Crippen LogP contribution >= 0.6 is 15.9 Å². The number of benzene rings is 1. The van der Waals surface area contributed by atoms with E-state index < -0.39 is 22.2 Å². The minimum Gasteiger partial charge on any atom is -0.386 e. The van der Waals surface area contributed by atoms with Gasteiger partial charge in [-0.05, 0) is 24.6 Å². The number of amidine groups is 1. The first kappa shape index (κ1) is 15.6. The second-order valence-electron chi connectivity index (χ2n) is 6.67. The molecule has 1 aromatic rings. The first-order chi connectivity index (χ1) is 11.3. The maximum Gasteiger partial charge on any atom is 0.294 e. The number of halogens is 1. The second kappa shape index (κ2) is 4.37. The predicted octanol–water partition coefficient (Wildman–Crippen LogP) is 2.20. The van der Waals surface area contributed by atoms with Crippen LogP contribution in [0.5, 0.6) is 0 Å². The number of hydrogen-bond donors (Lipinski definition) is 1. The number of fused-ring (bicyclic) bond motifs is 2. The van der Waals surface area contributed by atoms with Crippen LogP contribution in [0, 0.1) is 33.5 Å². The lowest BCUT2D eigenvalue weighted by Crippen LogP contribution is -2.42. The molecule has 4 rings (SSSR count). The van der Waals surface area contributed by atoms with Crippen LogP contribution in [0.1, 0.15) is 19.4 Å². The molecule has 122 valence electrons. The van der Waals surface area contributed by atoms with E-state index in [0.29, 0.717) is 6.61 Å². The number of aliphatic imine (C=N–C) groups is 1. The van der Waals surface area contributed by atoms with Crippen LogP contribution in [-0.2, 0) is 14.9 Å². The lowest BCUT2D eigenvalue weighted by molar-refractivity contribution is -0.196. The molecule has 0 unspecified atom stereocenters. The smallest absolute Gasteiger partial charge is 0.294 e. The summed E-state index contributed by atoms with van der Waals surface area (Å²) < 4.78 is 12.7. The molecule has 7 heteroatoms. The molecular weight excluding hydrogens is 372 g/mol. The molecule has 1 spiro atoms. The molecule has 6 nitrogen and oxygen atoms in total. The normalized spacial score (nSPS) is 45.4. The fraction of sp³-hybridized carbons (Fsp3) is 0.471. The lowest BCUT2D eigenvalue weighted by Gasteiger charge is -2.30. The topological polar surface area (TPSA) is 104 Å². The molecule has 0 aromatic heterocycles. The van der Waals surface area contributed by atoms with E-state index in [1.54, 1.807) is 0 Å². The third-order valence-corrected chi connectivity index (χ3v) is 6.29. The van der Waals surface area contributed by atoms with Gasteiger partial charge in [0.05, 0.1) is 24.8 Å². The van der Waals surface area contributed by atoms with Crippen molar-refractivity contribution in [2.24, 2.45) is 21.6 Å². The van der Waals surface area contributed by atoms with Gasteiger partial charge in [0.1, 0.15) is 5.84 Å². The van der Waals surface area contributed by atoms with Gasteiger partial charge in [-0.25, -0.2) is 4.99 Å². The van der Waals surface area contributed by atoms with E-state index in [9.17, 15) is 10.5 Å². The molecule has 1 saturated carbocycles. The Labute approximate surface area is 148 Å². The van der Waals surface area contributed by atoms with Crippen LogP contribution in [0.3, 0.4) is 0 Å². The molecule has 2 fully saturated rings. The summed E-state index contributed by atoms with van der Waals surface area (Å²) in [5, 5.41) is 20.2. The highest BCUT2D eigenvalue weighted by Gasteiger charge is 3.00. The molecule has 2 N–H and O–H groups in total. The number of nitriles is 2. The summed E-state index contributed by atoms with van der Waals surface area (Å²) in [5.74, 6) is -1.42. The van der Waals surface area contributed by atoms with Crippen molar-refractivity contribution < 1.29 is 9.47 Å². The Bertz CT molecular complexity index is 857. The monoisotopic (exact) mass is 386 g/mol. The van der Waals surface area contributed by atoms with E-state index in [1.807, 2.05) is 38.1 Å². The van der Waals surface area contributed by atoms with E-state index in [0.717, 1.165) is 10.0 Å². The van der Waals surface area contributed by atoms with Crippen molar-refractivity contribution in [1.82, 2.24) is 0 Å². The number of rotatable bonds is 1. The lowest BCUT2D eigenvalue weighted by atomic mass is 9.85. The summed E-state index contributed by atoms with van der Waals surface area (Å²) in [7, 11) is 0. The van der Waals surface area contributed by atoms with Crippen LogP contribution < -0.4 is 5.73 Å². The SMILES string of the molecule is C[C@@H]1CO[C@@]2(N=C(N)[C@@]3(C#N)[C@](C)(c4ccc(Br)cc4)[C@@]23C#N)O1. The Balaban J connectivity index is 1.98. The van der Waals surface area contributed by atoms with E-state index >= 15 is 0 Å². The Morgan fingerprint density at radius 3 is 2.46 bits per heavy atom. The summed E-state index contributed by atoms with van der Waals surface area (Å²) in [6.45, 7) is 4.01. The molecule has 2 aliphatic heterocycles. The highest BCUT2D eigenvalue weighted by molar-refractivity contribution is 9.10. The van der Waals surface area contributed by atoms with Crippen molar-refractivity contribution in [2.75, 3.05) is 6.61 Å². The zero-order valence-corrected chi connectivity index (χ0v) is 14.8. The van der Waals surface area contributed by atoms with Crippen LogP contribution in [0.4, 0.5) is 0 Å². The maximum absolute atomic E-state index is 10.1. The first-order valence-electron chi connectivity index (χ1n) is 7.61. The fourth-order valence-electron chi connectivity index (χ4n) is 4.61. The molecule has 3 aliphatic rings. The fourth-order valence-corrected chi connectivity index (χ4v) is 4.87. The van der Waals surface area contributed by atoms with Crippen molar-refractivity contribution in [2.45, 2.75) is 31.3 Å². The van der Waals surface area contributed by atoms with Gasteiger partial charge >= 0.3 is 0 Å². The van der Waals surface area contributed by atoms with E-state index in [-0.39, 0.29) is 11.9 Å². The highest BCUT2D eigenvalue weighted by atomic mass is 79.9. The average molecular weight is 387 g/mol. The molecular formula is C17H15BrN4O2. The van der Waals surface area contributed by atoms with Gasteiger partial charge in [0.25, 0.3) is 5.91 Å². The van der Waals surface area contributed by atoms with Gasteiger partial charge in [-0.1, -0.05) is 35.0 Å². The Kier molecular flexibility index (Phi) is 2.84. The van der Waals surface area contributed by atoms with Crippen molar-refractivity contribution in [3.8, 4) is 12.1 Å². The molecule has 1 aliphatic carbocycles. The third kappa shape index (κ3) is 1.26. The Morgan fingerprint density at radius 2 is 1.96 bits per heavy atom. The van der Waals surface area contributed by atoms with Crippen molar-refractivity contribution in [3.05, 3.63) is 34.3 Å². The molecule has 1 saturated heterocycles. The largest absolute Gasteiger partial charge is 0.386 e. The van der Waals surface area contributed by atoms with Crippen LogP contribution in [-0.4, -0.2) is 24.5 Å². The van der Waals surface area contributed by atoms with Crippen molar-refractivity contribution in [1.29, 1.82) is 10.5 Å². The van der Waals surface area contributed by atoms with Gasteiger partial charge < -0.3 is 15.2 Å². The zero-order valence-electron chi connectivity index (χ0n) is 13.2. The molecule has 24 heavy (non-hydrogen) atoms. The summed E-state index contributed by atoms with van der Waals surface area (Å²) in [5.41, 5.74) is 3.55. The number of nitrogens with two attached hydrogens (primary N) is 1. The van der Waals surface area contributed by atoms with E-state index in [4.69, 9.17) is 15.2 Å². The molecule has 0 bridgehead atoms. The van der Waals surface area contributed by atoms with Gasteiger partial charge in [-0.3, -0.25) is 0 Å². The standard InChI is InChI=1S/C17H15BrN4O2/c1-10-7-23-17(24-10)16(9-20)14(2,11-3-5-12(18)6-4-11)15(16,8-19)13(21)22-17/h3-6,10H,7H2,1-2H3,(H2,21,22)/t10-,14+,15+,16-,17-/m1/s1. The predicted molar refractivity (Wildman–Crippen MR) is 88.4 cm³/mol. The Hall–Kier alpha value is -1.93. The minimum absolute atomic E-state index is 0.103. The van der Waals surface area contributed by atoms with E-state index in [2.05, 4.69) is 33.1 Å². The zero-order chi connectivity index (χ0) is 17.4. The van der Waals surface area contributed by atoms with Gasteiger partial charge in [0.2, 0.25) is 0 Å². The van der Waals surface area contributed by atoms with Crippen LogP contribution in [0.15, 0.2) is 33.7 Å². The highest BCUT2D eigenvalue weighted by Crippen LogP contribution is 2.85. The van der Waals surface area contributed by atoms with Crippen molar-refractivity contribution >= 4 is 21.8 Å². The Morgan fingerprint density at radius 1 is 1.29 bits per heavy atom. The van der Waals surface area contributed by atoms with Gasteiger partial charge in [-0.15, -0.1) is 0 Å².